The topological polar surface area (TPSA) is 95.3 Å². The van der Waals surface area contributed by atoms with Gasteiger partial charge in [0.1, 0.15) is 0 Å². The highest BCUT2D eigenvalue weighted by atomic mass is 19.4. The van der Waals surface area contributed by atoms with Gasteiger partial charge in [-0.1, -0.05) is 24.3 Å². The lowest BCUT2D eigenvalue weighted by atomic mass is 10.2. The van der Waals surface area contributed by atoms with Gasteiger partial charge in [-0.05, 0) is 18.2 Å². The van der Waals surface area contributed by atoms with Gasteiger partial charge in [-0.2, -0.15) is 18.4 Å². The Balaban J connectivity index is 1.89. The fourth-order valence-corrected chi connectivity index (χ4v) is 2.64. The van der Waals surface area contributed by atoms with Crippen LogP contribution in [0.25, 0.3) is 0 Å². The second-order valence-electron chi connectivity index (χ2n) is 6.44. The summed E-state index contributed by atoms with van der Waals surface area (Å²) in [5, 5.41) is 11.4. The molecule has 2 amide bonds. The monoisotopic (exact) mass is 434 g/mol. The number of anilines is 1. The molecule has 2 rings (SSSR count). The normalized spacial score (nSPS) is 10.8. The molecular formula is C21H21F3N4O3. The van der Waals surface area contributed by atoms with Crippen molar-refractivity contribution in [1.29, 1.82) is 5.26 Å². The zero-order chi connectivity index (χ0) is 22.7. The van der Waals surface area contributed by atoms with Crippen LogP contribution in [0.15, 0.2) is 48.7 Å². The number of carbonyl (C=O) groups is 2. The Morgan fingerprint density at radius 1 is 1.13 bits per heavy atom. The summed E-state index contributed by atoms with van der Waals surface area (Å²) >= 11 is 0. The van der Waals surface area contributed by atoms with E-state index < -0.39 is 18.7 Å². The van der Waals surface area contributed by atoms with E-state index in [-0.39, 0.29) is 49.7 Å². The summed E-state index contributed by atoms with van der Waals surface area (Å²) in [5.74, 6) is -0.984. The molecule has 7 nitrogen and oxygen atoms in total. The summed E-state index contributed by atoms with van der Waals surface area (Å²) in [6.45, 7) is -1.38. The smallest absolute Gasteiger partial charge is 0.422 e. The highest BCUT2D eigenvalue weighted by molar-refractivity contribution is 5.95. The van der Waals surface area contributed by atoms with Crippen LogP contribution in [-0.2, 0) is 16.1 Å². The molecule has 2 aromatic rings. The van der Waals surface area contributed by atoms with Crippen LogP contribution in [0.4, 0.5) is 18.9 Å². The van der Waals surface area contributed by atoms with Gasteiger partial charge in [0.05, 0.1) is 12.5 Å². The van der Waals surface area contributed by atoms with Gasteiger partial charge in [0, 0.05) is 43.4 Å². The van der Waals surface area contributed by atoms with E-state index in [1.54, 1.807) is 30.3 Å². The van der Waals surface area contributed by atoms with Gasteiger partial charge in [0.2, 0.25) is 17.7 Å². The van der Waals surface area contributed by atoms with Crippen molar-refractivity contribution in [2.24, 2.45) is 0 Å². The van der Waals surface area contributed by atoms with Gasteiger partial charge in [-0.3, -0.25) is 9.59 Å². The predicted molar refractivity (Wildman–Crippen MR) is 106 cm³/mol. The molecule has 0 aliphatic carbocycles. The van der Waals surface area contributed by atoms with Crippen LogP contribution in [0, 0.1) is 11.3 Å². The molecule has 0 bridgehead atoms. The Hall–Kier alpha value is -3.61. The Morgan fingerprint density at radius 3 is 2.55 bits per heavy atom. The summed E-state index contributed by atoms with van der Waals surface area (Å²) in [4.78, 5) is 29.9. The van der Waals surface area contributed by atoms with Crippen molar-refractivity contribution in [3.05, 3.63) is 54.2 Å². The molecule has 0 aliphatic heterocycles. The molecule has 1 heterocycles. The van der Waals surface area contributed by atoms with Crippen LogP contribution in [0.1, 0.15) is 24.8 Å². The van der Waals surface area contributed by atoms with Gasteiger partial charge in [-0.15, -0.1) is 0 Å². The van der Waals surface area contributed by atoms with E-state index in [1.165, 1.54) is 23.2 Å². The van der Waals surface area contributed by atoms with Crippen molar-refractivity contribution < 1.29 is 27.5 Å². The minimum atomic E-state index is -4.51. The highest BCUT2D eigenvalue weighted by Crippen LogP contribution is 2.20. The number of halogens is 3. The first-order valence-corrected chi connectivity index (χ1v) is 9.42. The second kappa shape index (κ2) is 11.5. The van der Waals surface area contributed by atoms with Crippen molar-refractivity contribution in [3.8, 4) is 11.9 Å². The summed E-state index contributed by atoms with van der Waals surface area (Å²) in [7, 11) is 0. The lowest BCUT2D eigenvalue weighted by Crippen LogP contribution is -2.33. The Bertz CT molecular complexity index is 914. The zero-order valence-corrected chi connectivity index (χ0v) is 16.6. The number of para-hydroxylation sites is 1. The van der Waals surface area contributed by atoms with Crippen LogP contribution in [0.3, 0.4) is 0 Å². The number of carbonyl (C=O) groups excluding carboxylic acids is 2. The Kier molecular flexibility index (Phi) is 8.81. The van der Waals surface area contributed by atoms with Gasteiger partial charge in [0.25, 0.3) is 0 Å². The number of hydrogen-bond donors (Lipinski definition) is 1. The second-order valence-corrected chi connectivity index (χ2v) is 6.44. The molecule has 1 aromatic carbocycles. The molecule has 0 saturated heterocycles. The Labute approximate surface area is 177 Å². The molecule has 10 heteroatoms. The van der Waals surface area contributed by atoms with E-state index in [4.69, 9.17) is 5.26 Å². The Morgan fingerprint density at radius 2 is 1.87 bits per heavy atom. The molecule has 1 aromatic heterocycles. The number of nitriles is 1. The maximum absolute atomic E-state index is 12.6. The molecule has 164 valence electrons. The first-order valence-electron chi connectivity index (χ1n) is 9.42. The number of nitrogens with zero attached hydrogens (tertiary/aromatic N) is 3. The maximum atomic E-state index is 12.6. The molecule has 31 heavy (non-hydrogen) atoms. The van der Waals surface area contributed by atoms with Crippen molar-refractivity contribution in [1.82, 2.24) is 10.3 Å². The van der Waals surface area contributed by atoms with Crippen LogP contribution in [0.5, 0.6) is 5.88 Å². The average molecular weight is 434 g/mol. The van der Waals surface area contributed by atoms with E-state index in [0.717, 1.165) is 0 Å². The van der Waals surface area contributed by atoms with E-state index in [9.17, 15) is 22.8 Å². The third-order valence-electron chi connectivity index (χ3n) is 4.08. The van der Waals surface area contributed by atoms with Gasteiger partial charge in [-0.25, -0.2) is 4.98 Å². The first kappa shape index (κ1) is 23.7. The number of pyridine rings is 1. The van der Waals surface area contributed by atoms with Crippen molar-refractivity contribution in [2.45, 2.75) is 32.0 Å². The number of benzene rings is 1. The van der Waals surface area contributed by atoms with Gasteiger partial charge >= 0.3 is 6.18 Å². The largest absolute Gasteiger partial charge is 0.468 e. The molecule has 0 radical (unpaired) electrons. The molecule has 0 unspecified atom stereocenters. The van der Waals surface area contributed by atoms with Crippen molar-refractivity contribution >= 4 is 17.5 Å². The summed E-state index contributed by atoms with van der Waals surface area (Å²) in [6, 6.07) is 13.8. The lowest BCUT2D eigenvalue weighted by molar-refractivity contribution is -0.154. The number of hydrogen-bond acceptors (Lipinski definition) is 5. The van der Waals surface area contributed by atoms with Crippen molar-refractivity contribution in [3.63, 3.8) is 0 Å². The number of amides is 2. The van der Waals surface area contributed by atoms with Crippen molar-refractivity contribution in [2.75, 3.05) is 18.1 Å². The number of rotatable bonds is 10. The van der Waals surface area contributed by atoms with Gasteiger partial charge < -0.3 is 15.0 Å². The highest BCUT2D eigenvalue weighted by Gasteiger charge is 2.29. The molecular weight excluding hydrogens is 413 g/mol. The summed E-state index contributed by atoms with van der Waals surface area (Å²) < 4.78 is 41.7. The third kappa shape index (κ3) is 8.34. The van der Waals surface area contributed by atoms with E-state index in [2.05, 4.69) is 15.0 Å². The number of nitrogens with one attached hydrogen (secondary N) is 1. The number of aromatic nitrogens is 1. The summed E-state index contributed by atoms with van der Waals surface area (Å²) in [5.41, 5.74) is 0.913. The number of alkyl halides is 3. The standard InChI is InChI=1S/C21H21F3N4O3/c22-21(23,24)15-31-20-16(6-4-12-26-20)14-27-18(29)9-10-19(30)28(13-5-11-25)17-7-2-1-3-8-17/h1-4,6-8,12H,5,9-10,13-15H2,(H,27,29). The van der Waals surface area contributed by atoms with Gasteiger partial charge in [0.15, 0.2) is 6.61 Å². The quantitative estimate of drug-likeness (QED) is 0.619. The van der Waals surface area contributed by atoms with E-state index >= 15 is 0 Å². The third-order valence-corrected chi connectivity index (χ3v) is 4.08. The molecule has 0 spiro atoms. The maximum Gasteiger partial charge on any atom is 0.422 e. The fraction of sp³-hybridized carbons (Fsp3) is 0.333. The zero-order valence-electron chi connectivity index (χ0n) is 16.6. The minimum absolute atomic E-state index is 0.0867. The predicted octanol–water partition coefficient (Wildman–Crippen LogP) is 3.37. The van der Waals surface area contributed by atoms with E-state index in [1.807, 2.05) is 6.07 Å². The molecule has 1 N–H and O–H groups in total. The minimum Gasteiger partial charge on any atom is -0.468 e. The van der Waals surface area contributed by atoms with Crippen LogP contribution in [-0.4, -0.2) is 36.1 Å². The summed E-state index contributed by atoms with van der Waals surface area (Å²) in [6.07, 6.45) is -3.28. The first-order chi connectivity index (χ1) is 14.8. The van der Waals surface area contributed by atoms with Crippen LogP contribution in [0.2, 0.25) is 0 Å². The molecule has 0 aliphatic rings. The average Bonchev–Trinajstić information content (AvgIpc) is 2.75. The van der Waals surface area contributed by atoms with Crippen LogP contribution >= 0.6 is 0 Å². The van der Waals surface area contributed by atoms with Crippen LogP contribution < -0.4 is 15.0 Å². The molecule has 0 atom stereocenters. The molecule has 0 fully saturated rings. The lowest BCUT2D eigenvalue weighted by Gasteiger charge is -2.21. The fourth-order valence-electron chi connectivity index (χ4n) is 2.64. The number of ether oxygens (including phenoxy) is 1. The van der Waals surface area contributed by atoms with E-state index in [0.29, 0.717) is 5.69 Å². The SMILES string of the molecule is N#CCCN(C(=O)CCC(=O)NCc1cccnc1OCC(F)(F)F)c1ccccc1. The molecule has 0 saturated carbocycles.